The number of benzene rings is 2. The summed E-state index contributed by atoms with van der Waals surface area (Å²) >= 11 is 0. The Morgan fingerprint density at radius 3 is 2.36 bits per heavy atom. The Morgan fingerprint density at radius 1 is 0.943 bits per heavy atom. The maximum absolute atomic E-state index is 14.3. The molecule has 1 saturated heterocycles. The van der Waals surface area contributed by atoms with E-state index in [-0.39, 0.29) is 38.3 Å². The molecule has 4 aromatic rings. The van der Waals surface area contributed by atoms with Crippen LogP contribution < -0.4 is 24.5 Å². The number of carbonyl (C=O) groups is 4. The minimum atomic E-state index is -1.01. The van der Waals surface area contributed by atoms with Gasteiger partial charge in [-0.3, -0.25) is 19.4 Å². The average Bonchev–Trinajstić information content (AvgIpc) is 3.77. The van der Waals surface area contributed by atoms with Crippen LogP contribution in [0.3, 0.4) is 0 Å². The molecule has 3 aliphatic rings. The van der Waals surface area contributed by atoms with Crippen LogP contribution in [-0.4, -0.2) is 84.1 Å². The van der Waals surface area contributed by atoms with Crippen molar-refractivity contribution in [1.29, 1.82) is 0 Å². The number of ether oxygens (including phenoxy) is 5. The summed E-state index contributed by atoms with van der Waals surface area (Å²) in [5, 5.41) is 2.93. The fourth-order valence-electron chi connectivity index (χ4n) is 7.05. The number of nitrogens with zero attached hydrogens (tertiary/aromatic N) is 4. The summed E-state index contributed by atoms with van der Waals surface area (Å²) < 4.78 is 29.8. The number of imide groups is 1. The number of carbonyl (C=O) groups excluding carboxylic acids is 4. The monoisotopic (exact) mass is 728 g/mol. The van der Waals surface area contributed by atoms with Crippen LogP contribution in [0.4, 0.5) is 4.79 Å². The number of methoxy groups -OCH3 is 2. The molecule has 2 aromatic carbocycles. The molecule has 0 bridgehead atoms. The zero-order valence-corrected chi connectivity index (χ0v) is 30.0. The topological polar surface area (TPSA) is 165 Å². The number of aromatic nitrogens is 2. The fraction of sp³-hybridized carbons (Fsp3) is 0.421. The highest BCUT2D eigenvalue weighted by Gasteiger charge is 2.41. The molecule has 53 heavy (non-hydrogen) atoms. The maximum Gasteiger partial charge on any atom is 0.410 e. The molecule has 0 radical (unpaired) electrons. The van der Waals surface area contributed by atoms with Crippen molar-refractivity contribution in [1.82, 2.24) is 19.5 Å². The van der Waals surface area contributed by atoms with Crippen LogP contribution in [0.25, 0.3) is 32.6 Å². The minimum absolute atomic E-state index is 0.00789. The molecule has 0 saturated carbocycles. The van der Waals surface area contributed by atoms with Crippen molar-refractivity contribution in [2.24, 2.45) is 5.41 Å². The third-order valence-corrected chi connectivity index (χ3v) is 10.2. The molecule has 2 atom stereocenters. The lowest BCUT2D eigenvalue weighted by Crippen LogP contribution is -2.39. The van der Waals surface area contributed by atoms with Crippen LogP contribution in [-0.2, 0) is 30.5 Å². The molecule has 1 fully saturated rings. The van der Waals surface area contributed by atoms with Gasteiger partial charge in [-0.25, -0.2) is 9.59 Å². The van der Waals surface area contributed by atoms with E-state index < -0.39 is 35.4 Å². The lowest BCUT2D eigenvalue weighted by Gasteiger charge is -2.29. The number of hydroxylamine groups is 2. The smallest absolute Gasteiger partial charge is 0.410 e. The van der Waals surface area contributed by atoms with Gasteiger partial charge in [-0.05, 0) is 63.3 Å². The molecule has 15 nitrogen and oxygen atoms in total. The van der Waals surface area contributed by atoms with Gasteiger partial charge in [-0.1, -0.05) is 6.08 Å². The van der Waals surface area contributed by atoms with Crippen LogP contribution in [0.15, 0.2) is 47.4 Å². The zero-order chi connectivity index (χ0) is 37.4. The minimum Gasteiger partial charge on any atom is -0.493 e. The van der Waals surface area contributed by atoms with Gasteiger partial charge in [0, 0.05) is 61.4 Å². The Bertz CT molecular complexity index is 2230. The fourth-order valence-corrected chi connectivity index (χ4v) is 7.05. The van der Waals surface area contributed by atoms with Gasteiger partial charge in [0.25, 0.3) is 17.4 Å². The second-order valence-electron chi connectivity index (χ2n) is 13.7. The Labute approximate surface area is 303 Å². The van der Waals surface area contributed by atoms with Gasteiger partial charge in [0.1, 0.15) is 6.10 Å². The predicted octanol–water partition coefficient (Wildman–Crippen LogP) is 5.02. The summed E-state index contributed by atoms with van der Waals surface area (Å²) in [7, 11) is 4.62. The molecule has 2 aromatic heterocycles. The van der Waals surface area contributed by atoms with E-state index in [0.717, 1.165) is 0 Å². The van der Waals surface area contributed by atoms with E-state index in [1.807, 2.05) is 12.2 Å². The number of amides is 3. The van der Waals surface area contributed by atoms with Crippen molar-refractivity contribution < 1.29 is 47.7 Å². The number of allylic oxidation sites excluding steroid dienone is 1. The van der Waals surface area contributed by atoms with Crippen LogP contribution in [0.2, 0.25) is 0 Å². The molecular formula is C38H40N4O11. The first-order valence-corrected chi connectivity index (χ1v) is 17.5. The normalized spacial score (nSPS) is 20.6. The van der Waals surface area contributed by atoms with Crippen LogP contribution >= 0.6 is 0 Å². The van der Waals surface area contributed by atoms with Crippen LogP contribution in [0.5, 0.6) is 23.0 Å². The molecule has 15 heteroatoms. The zero-order valence-electron chi connectivity index (χ0n) is 30.0. The number of hydrogen-bond acceptors (Lipinski definition) is 12. The lowest BCUT2D eigenvalue weighted by molar-refractivity contribution is -0.205. The number of fused-ring (bicyclic) bond motifs is 6. The molecule has 0 N–H and O–H groups in total. The Hall–Kier alpha value is -5.86. The van der Waals surface area contributed by atoms with Crippen LogP contribution in [0, 0.1) is 5.41 Å². The largest absolute Gasteiger partial charge is 0.493 e. The molecule has 4 heterocycles. The van der Waals surface area contributed by atoms with Gasteiger partial charge in [-0.2, -0.15) is 0 Å². The molecule has 0 unspecified atom stereocenters. The van der Waals surface area contributed by atoms with E-state index in [1.54, 1.807) is 49.0 Å². The average molecular weight is 729 g/mol. The van der Waals surface area contributed by atoms with Crippen molar-refractivity contribution in [3.8, 4) is 23.0 Å². The molecule has 0 spiro atoms. The van der Waals surface area contributed by atoms with E-state index in [2.05, 4.69) is 0 Å². The van der Waals surface area contributed by atoms with E-state index in [9.17, 15) is 24.0 Å². The first kappa shape index (κ1) is 35.5. The second kappa shape index (κ2) is 14.3. The van der Waals surface area contributed by atoms with E-state index >= 15 is 0 Å². The summed E-state index contributed by atoms with van der Waals surface area (Å²) in [5.74, 6) is 0.196. The van der Waals surface area contributed by atoms with Crippen molar-refractivity contribution in [3.05, 3.63) is 53.0 Å². The summed E-state index contributed by atoms with van der Waals surface area (Å²) in [4.78, 5) is 76.6. The number of hydrogen-bond donors (Lipinski definition) is 0. The van der Waals surface area contributed by atoms with Crippen molar-refractivity contribution in [2.75, 3.05) is 34.6 Å². The van der Waals surface area contributed by atoms with Gasteiger partial charge < -0.3 is 38.0 Å². The van der Waals surface area contributed by atoms with Gasteiger partial charge in [-0.15, -0.1) is 5.06 Å². The molecule has 7 rings (SSSR count). The van der Waals surface area contributed by atoms with Crippen molar-refractivity contribution in [2.45, 2.75) is 64.5 Å². The highest BCUT2D eigenvalue weighted by molar-refractivity contribution is 6.15. The molecular weight excluding hydrogens is 688 g/mol. The molecule has 3 amide bonds. The SMILES string of the molecule is COc1cc2c(=O)n(CCN(C)C(=O)O[C@H]3/C=C/CCC[C@@](C)(C(=O)ON4C(=O)CCC4=O)CC3)c3c4cc5c(cc4ncc3c2cc1OC)OCO5. The summed E-state index contributed by atoms with van der Waals surface area (Å²) in [5.41, 5.74) is -0.111. The third kappa shape index (κ3) is 6.66. The van der Waals surface area contributed by atoms with Gasteiger partial charge >= 0.3 is 12.1 Å². The van der Waals surface area contributed by atoms with Crippen LogP contribution in [0.1, 0.15) is 51.9 Å². The second-order valence-corrected chi connectivity index (χ2v) is 13.7. The summed E-state index contributed by atoms with van der Waals surface area (Å²) in [6.07, 6.45) is 6.52. The summed E-state index contributed by atoms with van der Waals surface area (Å²) in [6.45, 7) is 2.03. The van der Waals surface area contributed by atoms with E-state index in [4.69, 9.17) is 33.5 Å². The highest BCUT2D eigenvalue weighted by atomic mass is 16.7. The van der Waals surface area contributed by atoms with Crippen molar-refractivity contribution in [3.63, 3.8) is 0 Å². The maximum atomic E-state index is 14.3. The Morgan fingerprint density at radius 2 is 1.64 bits per heavy atom. The lowest BCUT2D eigenvalue weighted by atomic mass is 9.80. The first-order chi connectivity index (χ1) is 25.5. The Balaban J connectivity index is 1.13. The van der Waals surface area contributed by atoms with E-state index in [0.29, 0.717) is 92.7 Å². The molecule has 2 aliphatic heterocycles. The molecule has 1 aliphatic carbocycles. The predicted molar refractivity (Wildman–Crippen MR) is 191 cm³/mol. The molecule has 278 valence electrons. The van der Waals surface area contributed by atoms with E-state index in [1.165, 1.54) is 19.1 Å². The Kier molecular flexibility index (Phi) is 9.58. The van der Waals surface area contributed by atoms with Gasteiger partial charge in [0.05, 0.1) is 36.1 Å². The number of rotatable bonds is 8. The highest BCUT2D eigenvalue weighted by Crippen LogP contribution is 2.40. The third-order valence-electron chi connectivity index (χ3n) is 10.2. The van der Waals surface area contributed by atoms with Crippen molar-refractivity contribution >= 4 is 56.5 Å². The quantitative estimate of drug-likeness (QED) is 0.135. The summed E-state index contributed by atoms with van der Waals surface area (Å²) in [6, 6.07) is 6.98. The van der Waals surface area contributed by atoms with Gasteiger partial charge in [0.2, 0.25) is 6.79 Å². The number of pyridine rings is 2. The standard InChI is InChI=1S/C38H40N4O11/c1-38(36(46)53-42-32(43)9-10-33(42)44)12-7-5-6-8-22(11-13-38)52-37(47)40(2)14-15-41-34-25-18-30-31(51-21-50-30)19-27(25)39-20-26(34)23-16-28(48-3)29(49-4)17-24(23)35(41)45/h6,8,16-20,22H,5,7,9-15,21H2,1-4H3/b8-6+/t22-,38+/m0/s1. The first-order valence-electron chi connectivity index (χ1n) is 17.5. The van der Waals surface area contributed by atoms with Gasteiger partial charge in [0.15, 0.2) is 23.0 Å². The number of likely N-dealkylation sites (N-methyl/N-ethyl adjacent to an activating group) is 1.